The van der Waals surface area contributed by atoms with E-state index in [0.29, 0.717) is 19.7 Å². The number of piperazine rings is 1. The highest BCUT2D eigenvalue weighted by Gasteiger charge is 2.30. The van der Waals surface area contributed by atoms with Crippen LogP contribution < -0.4 is 10.6 Å². The van der Waals surface area contributed by atoms with Gasteiger partial charge in [-0.05, 0) is 13.8 Å². The highest BCUT2D eigenvalue weighted by atomic mass is 16.5. The fourth-order valence-electron chi connectivity index (χ4n) is 1.84. The van der Waals surface area contributed by atoms with Crippen molar-refractivity contribution in [3.8, 4) is 0 Å². The largest absolute Gasteiger partial charge is 0.383 e. The molecule has 0 saturated carbocycles. The van der Waals surface area contributed by atoms with Crippen LogP contribution in [0.15, 0.2) is 0 Å². The van der Waals surface area contributed by atoms with Crippen LogP contribution in [0.4, 0.5) is 0 Å². The van der Waals surface area contributed by atoms with Gasteiger partial charge in [0.1, 0.15) is 0 Å². The van der Waals surface area contributed by atoms with Gasteiger partial charge in [-0.2, -0.15) is 0 Å². The summed E-state index contributed by atoms with van der Waals surface area (Å²) in [6, 6.07) is 0. The maximum absolute atomic E-state index is 11.6. The van der Waals surface area contributed by atoms with E-state index in [2.05, 4.69) is 29.4 Å². The standard InChI is InChI=1S/C11H23N3O2/c1-11(2)9-12-4-6-14(11)8-10(15)13-5-7-16-3/h12H,4-9H2,1-3H3,(H,13,15). The predicted molar refractivity (Wildman–Crippen MR) is 63.4 cm³/mol. The molecule has 1 rings (SSSR count). The van der Waals surface area contributed by atoms with E-state index in [4.69, 9.17) is 4.74 Å². The SMILES string of the molecule is COCCNC(=O)CN1CCNCC1(C)C. The summed E-state index contributed by atoms with van der Waals surface area (Å²) in [6.07, 6.45) is 0. The van der Waals surface area contributed by atoms with Gasteiger partial charge in [-0.1, -0.05) is 0 Å². The van der Waals surface area contributed by atoms with Gasteiger partial charge in [0.2, 0.25) is 5.91 Å². The van der Waals surface area contributed by atoms with Crippen LogP contribution in [0.1, 0.15) is 13.8 Å². The second-order valence-electron chi connectivity index (χ2n) is 4.75. The van der Waals surface area contributed by atoms with Crippen LogP contribution in [-0.2, 0) is 9.53 Å². The number of hydrogen-bond donors (Lipinski definition) is 2. The van der Waals surface area contributed by atoms with Crippen molar-refractivity contribution in [3.63, 3.8) is 0 Å². The number of ether oxygens (including phenoxy) is 1. The zero-order valence-electron chi connectivity index (χ0n) is 10.5. The summed E-state index contributed by atoms with van der Waals surface area (Å²) < 4.78 is 4.88. The maximum Gasteiger partial charge on any atom is 0.234 e. The number of carbonyl (C=O) groups is 1. The zero-order chi connectivity index (χ0) is 12.0. The lowest BCUT2D eigenvalue weighted by Crippen LogP contribution is -2.59. The summed E-state index contributed by atoms with van der Waals surface area (Å²) in [4.78, 5) is 13.9. The molecule has 0 aromatic rings. The molecule has 5 heteroatoms. The molecule has 1 heterocycles. The lowest BCUT2D eigenvalue weighted by Gasteiger charge is -2.42. The smallest absolute Gasteiger partial charge is 0.234 e. The number of carbonyl (C=O) groups excluding carboxylic acids is 1. The summed E-state index contributed by atoms with van der Waals surface area (Å²) in [5.74, 6) is 0.0759. The highest BCUT2D eigenvalue weighted by molar-refractivity contribution is 5.78. The van der Waals surface area contributed by atoms with E-state index in [1.807, 2.05) is 0 Å². The minimum atomic E-state index is 0.0524. The molecule has 1 amide bonds. The normalized spacial score (nSPS) is 20.7. The van der Waals surface area contributed by atoms with Crippen molar-refractivity contribution in [2.45, 2.75) is 19.4 Å². The molecular weight excluding hydrogens is 206 g/mol. The molecule has 1 saturated heterocycles. The molecule has 0 aromatic carbocycles. The Hall–Kier alpha value is -0.650. The Morgan fingerprint density at radius 2 is 2.31 bits per heavy atom. The molecule has 5 nitrogen and oxygen atoms in total. The van der Waals surface area contributed by atoms with Crippen molar-refractivity contribution >= 4 is 5.91 Å². The van der Waals surface area contributed by atoms with Gasteiger partial charge in [0, 0.05) is 38.8 Å². The predicted octanol–water partition coefficient (Wildman–Crippen LogP) is -0.567. The third-order valence-corrected chi connectivity index (χ3v) is 2.93. The molecule has 0 spiro atoms. The summed E-state index contributed by atoms with van der Waals surface area (Å²) in [7, 11) is 1.63. The van der Waals surface area contributed by atoms with Crippen molar-refractivity contribution in [2.24, 2.45) is 0 Å². The molecule has 0 unspecified atom stereocenters. The summed E-state index contributed by atoms with van der Waals surface area (Å²) in [6.45, 7) is 8.73. The molecule has 94 valence electrons. The Bertz CT molecular complexity index is 231. The van der Waals surface area contributed by atoms with E-state index in [0.717, 1.165) is 19.6 Å². The Kier molecular flexibility index (Phi) is 5.18. The van der Waals surface area contributed by atoms with Crippen molar-refractivity contribution in [2.75, 3.05) is 46.4 Å². The van der Waals surface area contributed by atoms with Gasteiger partial charge in [0.25, 0.3) is 0 Å². The number of rotatable bonds is 5. The molecule has 1 aliphatic rings. The molecule has 0 radical (unpaired) electrons. The summed E-state index contributed by atoms with van der Waals surface area (Å²) >= 11 is 0. The minimum Gasteiger partial charge on any atom is -0.383 e. The van der Waals surface area contributed by atoms with Crippen LogP contribution in [0.5, 0.6) is 0 Å². The molecule has 1 fully saturated rings. The molecule has 16 heavy (non-hydrogen) atoms. The monoisotopic (exact) mass is 229 g/mol. The first-order valence-corrected chi connectivity index (χ1v) is 5.77. The lowest BCUT2D eigenvalue weighted by molar-refractivity contribution is -0.124. The third-order valence-electron chi connectivity index (χ3n) is 2.93. The maximum atomic E-state index is 11.6. The summed E-state index contributed by atoms with van der Waals surface area (Å²) in [5, 5.41) is 6.18. The Balaban J connectivity index is 2.31. The Morgan fingerprint density at radius 1 is 1.56 bits per heavy atom. The van der Waals surface area contributed by atoms with Crippen LogP contribution in [0.2, 0.25) is 0 Å². The fourth-order valence-corrected chi connectivity index (χ4v) is 1.84. The third kappa shape index (κ3) is 4.08. The van der Waals surface area contributed by atoms with E-state index in [1.54, 1.807) is 7.11 Å². The van der Waals surface area contributed by atoms with Crippen molar-refractivity contribution in [1.29, 1.82) is 0 Å². The average molecular weight is 229 g/mol. The van der Waals surface area contributed by atoms with Gasteiger partial charge in [-0.15, -0.1) is 0 Å². The minimum absolute atomic E-state index is 0.0524. The van der Waals surface area contributed by atoms with Gasteiger partial charge >= 0.3 is 0 Å². The van der Waals surface area contributed by atoms with Crippen LogP contribution in [0.25, 0.3) is 0 Å². The van der Waals surface area contributed by atoms with E-state index in [-0.39, 0.29) is 11.4 Å². The number of nitrogens with one attached hydrogen (secondary N) is 2. The topological polar surface area (TPSA) is 53.6 Å². The first-order chi connectivity index (χ1) is 7.56. The van der Waals surface area contributed by atoms with Crippen LogP contribution >= 0.6 is 0 Å². The lowest BCUT2D eigenvalue weighted by atomic mass is 10.0. The van der Waals surface area contributed by atoms with Gasteiger partial charge in [0.05, 0.1) is 13.2 Å². The number of amides is 1. The second-order valence-corrected chi connectivity index (χ2v) is 4.75. The van der Waals surface area contributed by atoms with Crippen molar-refractivity contribution < 1.29 is 9.53 Å². The van der Waals surface area contributed by atoms with Gasteiger partial charge < -0.3 is 15.4 Å². The molecule has 0 aromatic heterocycles. The second kappa shape index (κ2) is 6.18. The number of hydrogen-bond acceptors (Lipinski definition) is 4. The number of nitrogens with zero attached hydrogens (tertiary/aromatic N) is 1. The molecule has 1 aliphatic heterocycles. The highest BCUT2D eigenvalue weighted by Crippen LogP contribution is 2.15. The first kappa shape index (κ1) is 13.4. The molecule has 0 bridgehead atoms. The van der Waals surface area contributed by atoms with Crippen molar-refractivity contribution in [3.05, 3.63) is 0 Å². The quantitative estimate of drug-likeness (QED) is 0.620. The fraction of sp³-hybridized carbons (Fsp3) is 0.909. The van der Waals surface area contributed by atoms with E-state index >= 15 is 0 Å². The Morgan fingerprint density at radius 3 is 2.94 bits per heavy atom. The van der Waals surface area contributed by atoms with E-state index in [1.165, 1.54) is 0 Å². The van der Waals surface area contributed by atoms with Crippen LogP contribution in [0, 0.1) is 0 Å². The van der Waals surface area contributed by atoms with Crippen LogP contribution in [-0.4, -0.2) is 62.8 Å². The van der Waals surface area contributed by atoms with E-state index in [9.17, 15) is 4.79 Å². The Labute approximate surface area is 97.5 Å². The van der Waals surface area contributed by atoms with Crippen LogP contribution in [0.3, 0.4) is 0 Å². The van der Waals surface area contributed by atoms with Gasteiger partial charge in [-0.25, -0.2) is 0 Å². The zero-order valence-corrected chi connectivity index (χ0v) is 10.5. The molecule has 2 N–H and O–H groups in total. The molecule has 0 aliphatic carbocycles. The summed E-state index contributed by atoms with van der Waals surface area (Å²) in [5.41, 5.74) is 0.0524. The molecular formula is C11H23N3O2. The average Bonchev–Trinajstić information content (AvgIpc) is 2.21. The van der Waals surface area contributed by atoms with Gasteiger partial charge in [0.15, 0.2) is 0 Å². The van der Waals surface area contributed by atoms with Crippen molar-refractivity contribution in [1.82, 2.24) is 15.5 Å². The van der Waals surface area contributed by atoms with E-state index < -0.39 is 0 Å². The van der Waals surface area contributed by atoms with Gasteiger partial charge in [-0.3, -0.25) is 9.69 Å². The molecule has 0 atom stereocenters. The number of methoxy groups -OCH3 is 1. The first-order valence-electron chi connectivity index (χ1n) is 5.77.